The number of nitrogens with two attached hydrogens (primary N) is 1. The molecule has 2 rings (SSSR count). The fourth-order valence-electron chi connectivity index (χ4n) is 3.10. The minimum absolute atomic E-state index is 0.0834. The molecule has 144 valence electrons. The summed E-state index contributed by atoms with van der Waals surface area (Å²) in [4.78, 5) is 24.1. The third kappa shape index (κ3) is 5.93. The van der Waals surface area contributed by atoms with Gasteiger partial charge in [-0.3, -0.25) is 9.59 Å². The molecule has 1 atom stereocenters. The lowest BCUT2D eigenvalue weighted by Gasteiger charge is -2.20. The van der Waals surface area contributed by atoms with Gasteiger partial charge in [-0.1, -0.05) is 51.1 Å². The van der Waals surface area contributed by atoms with Crippen LogP contribution in [0.3, 0.4) is 0 Å². The normalized spacial score (nSPS) is 11.9. The van der Waals surface area contributed by atoms with E-state index in [-0.39, 0.29) is 17.9 Å². The molecule has 5 nitrogen and oxygen atoms in total. The average molecular weight is 369 g/mol. The monoisotopic (exact) mass is 368 g/mol. The van der Waals surface area contributed by atoms with Crippen molar-refractivity contribution in [2.45, 2.75) is 33.2 Å². The molecule has 0 aromatic heterocycles. The Labute approximate surface area is 161 Å². The smallest absolute Gasteiger partial charge is 0.279 e. The Kier molecular flexibility index (Phi) is 7.55. The van der Waals surface area contributed by atoms with Gasteiger partial charge in [0.25, 0.3) is 11.8 Å². The Morgan fingerprint density at radius 1 is 1.07 bits per heavy atom. The Bertz CT molecular complexity index is 769. The van der Waals surface area contributed by atoms with Crippen LogP contribution in [-0.4, -0.2) is 25.4 Å². The number of aryl methyl sites for hydroxylation is 1. The van der Waals surface area contributed by atoms with Gasteiger partial charge in [0.15, 0.2) is 6.54 Å². The van der Waals surface area contributed by atoms with Gasteiger partial charge in [0, 0.05) is 29.8 Å². The number of anilines is 1. The molecule has 0 heterocycles. The third-order valence-electron chi connectivity index (χ3n) is 4.68. The van der Waals surface area contributed by atoms with Crippen molar-refractivity contribution in [2.75, 3.05) is 18.9 Å². The number of hydrogen-bond acceptors (Lipinski definition) is 2. The summed E-state index contributed by atoms with van der Waals surface area (Å²) in [5.41, 5.74) is 3.70. The van der Waals surface area contributed by atoms with Gasteiger partial charge in [-0.15, -0.1) is 0 Å². The molecule has 2 amide bonds. The SMILES string of the molecule is CCc1ccc([C@H]([NH2+]CC(=O)Nc2cccc(C(=O)NC)c2)C(C)C)cc1. The van der Waals surface area contributed by atoms with Gasteiger partial charge in [-0.2, -0.15) is 0 Å². The second-order valence-electron chi connectivity index (χ2n) is 7.01. The maximum Gasteiger partial charge on any atom is 0.279 e. The van der Waals surface area contributed by atoms with Crippen molar-refractivity contribution in [1.82, 2.24) is 5.32 Å². The molecule has 27 heavy (non-hydrogen) atoms. The van der Waals surface area contributed by atoms with Crippen molar-refractivity contribution in [3.05, 3.63) is 65.2 Å². The Morgan fingerprint density at radius 2 is 1.78 bits per heavy atom. The van der Waals surface area contributed by atoms with E-state index in [0.717, 1.165) is 6.42 Å². The number of benzene rings is 2. The topological polar surface area (TPSA) is 74.8 Å². The number of quaternary nitrogens is 1. The van der Waals surface area contributed by atoms with E-state index in [1.54, 1.807) is 31.3 Å². The first-order valence-electron chi connectivity index (χ1n) is 9.48. The molecule has 0 spiro atoms. The van der Waals surface area contributed by atoms with Crippen LogP contribution in [0.2, 0.25) is 0 Å². The Morgan fingerprint density at radius 3 is 2.37 bits per heavy atom. The summed E-state index contributed by atoms with van der Waals surface area (Å²) in [5, 5.41) is 7.53. The largest absolute Gasteiger partial charge is 0.355 e. The van der Waals surface area contributed by atoms with E-state index < -0.39 is 0 Å². The number of hydrogen-bond donors (Lipinski definition) is 3. The molecule has 0 bridgehead atoms. The number of amides is 2. The minimum Gasteiger partial charge on any atom is -0.355 e. The van der Waals surface area contributed by atoms with Crippen molar-refractivity contribution >= 4 is 17.5 Å². The summed E-state index contributed by atoms with van der Waals surface area (Å²) in [6.07, 6.45) is 1.02. The van der Waals surface area contributed by atoms with Crippen LogP contribution in [0.25, 0.3) is 0 Å². The van der Waals surface area contributed by atoms with Crippen molar-refractivity contribution in [2.24, 2.45) is 5.92 Å². The lowest BCUT2D eigenvalue weighted by Crippen LogP contribution is -2.88. The van der Waals surface area contributed by atoms with Gasteiger partial charge >= 0.3 is 0 Å². The van der Waals surface area contributed by atoms with Crippen LogP contribution in [0, 0.1) is 5.92 Å². The Balaban J connectivity index is 1.98. The number of rotatable bonds is 8. The lowest BCUT2D eigenvalue weighted by molar-refractivity contribution is -0.692. The fraction of sp³-hybridized carbons (Fsp3) is 0.364. The van der Waals surface area contributed by atoms with Gasteiger partial charge < -0.3 is 16.0 Å². The molecule has 0 radical (unpaired) electrons. The highest BCUT2D eigenvalue weighted by Gasteiger charge is 2.20. The fourth-order valence-corrected chi connectivity index (χ4v) is 3.10. The van der Waals surface area contributed by atoms with E-state index in [1.165, 1.54) is 11.1 Å². The van der Waals surface area contributed by atoms with E-state index >= 15 is 0 Å². The summed E-state index contributed by atoms with van der Waals surface area (Å²) in [6, 6.07) is 15.8. The molecule has 0 saturated carbocycles. The van der Waals surface area contributed by atoms with E-state index in [2.05, 4.69) is 61.0 Å². The van der Waals surface area contributed by atoms with Crippen molar-refractivity contribution in [1.29, 1.82) is 0 Å². The maximum atomic E-state index is 12.4. The molecular weight excluding hydrogens is 338 g/mol. The summed E-state index contributed by atoms with van der Waals surface area (Å²) >= 11 is 0. The quantitative estimate of drug-likeness (QED) is 0.670. The summed E-state index contributed by atoms with van der Waals surface area (Å²) in [7, 11) is 1.58. The minimum atomic E-state index is -0.173. The van der Waals surface area contributed by atoms with Crippen molar-refractivity contribution < 1.29 is 14.9 Å². The molecular formula is C22H30N3O2+. The average Bonchev–Trinajstić information content (AvgIpc) is 2.68. The van der Waals surface area contributed by atoms with E-state index in [4.69, 9.17) is 0 Å². The van der Waals surface area contributed by atoms with Crippen LogP contribution in [0.1, 0.15) is 48.3 Å². The second kappa shape index (κ2) is 9.88. The van der Waals surface area contributed by atoms with Crippen LogP contribution < -0.4 is 16.0 Å². The number of carbonyl (C=O) groups excluding carboxylic acids is 2. The van der Waals surface area contributed by atoms with E-state index in [0.29, 0.717) is 23.7 Å². The van der Waals surface area contributed by atoms with Gasteiger partial charge in [0.1, 0.15) is 6.04 Å². The summed E-state index contributed by atoms with van der Waals surface area (Å²) in [5.74, 6) is 0.148. The zero-order valence-electron chi connectivity index (χ0n) is 16.6. The zero-order chi connectivity index (χ0) is 19.8. The first-order valence-corrected chi connectivity index (χ1v) is 9.48. The first-order chi connectivity index (χ1) is 12.9. The highest BCUT2D eigenvalue weighted by molar-refractivity contribution is 5.97. The molecule has 0 aliphatic rings. The molecule has 0 saturated heterocycles. The van der Waals surface area contributed by atoms with Gasteiger partial charge in [-0.05, 0) is 30.2 Å². The van der Waals surface area contributed by atoms with Crippen LogP contribution in [0.4, 0.5) is 5.69 Å². The highest BCUT2D eigenvalue weighted by atomic mass is 16.2. The van der Waals surface area contributed by atoms with Gasteiger partial charge in [0.05, 0.1) is 0 Å². The molecule has 2 aromatic rings. The molecule has 4 N–H and O–H groups in total. The number of carbonyl (C=O) groups is 2. The van der Waals surface area contributed by atoms with Crippen LogP contribution in [-0.2, 0) is 11.2 Å². The molecule has 0 aliphatic carbocycles. The Hall–Kier alpha value is -2.66. The summed E-state index contributed by atoms with van der Waals surface area (Å²) in [6.45, 7) is 6.80. The molecule has 5 heteroatoms. The van der Waals surface area contributed by atoms with E-state index in [9.17, 15) is 9.59 Å². The highest BCUT2D eigenvalue weighted by Crippen LogP contribution is 2.18. The molecule has 0 fully saturated rings. The predicted molar refractivity (Wildman–Crippen MR) is 109 cm³/mol. The first kappa shape index (κ1) is 20.6. The van der Waals surface area contributed by atoms with Gasteiger partial charge in [-0.25, -0.2) is 0 Å². The van der Waals surface area contributed by atoms with Gasteiger partial charge in [0.2, 0.25) is 0 Å². The lowest BCUT2D eigenvalue weighted by atomic mass is 9.95. The molecule has 0 unspecified atom stereocenters. The standard InChI is InChI=1S/C22H29N3O2/c1-5-16-9-11-17(12-10-16)21(15(2)3)24-14-20(26)25-19-8-6-7-18(13-19)22(27)23-4/h6-13,15,21,24H,5,14H2,1-4H3,(H,23,27)(H,25,26)/p+1/t21-/m1/s1. The summed E-state index contributed by atoms with van der Waals surface area (Å²) < 4.78 is 0. The van der Waals surface area contributed by atoms with E-state index in [1.807, 2.05) is 0 Å². The third-order valence-corrected chi connectivity index (χ3v) is 4.68. The zero-order valence-corrected chi connectivity index (χ0v) is 16.6. The van der Waals surface area contributed by atoms with Crippen molar-refractivity contribution in [3.8, 4) is 0 Å². The van der Waals surface area contributed by atoms with Crippen LogP contribution >= 0.6 is 0 Å². The van der Waals surface area contributed by atoms with Crippen LogP contribution in [0.5, 0.6) is 0 Å². The predicted octanol–water partition coefficient (Wildman–Crippen LogP) is 2.51. The molecule has 2 aromatic carbocycles. The maximum absolute atomic E-state index is 12.4. The number of nitrogens with one attached hydrogen (secondary N) is 2. The van der Waals surface area contributed by atoms with Crippen LogP contribution in [0.15, 0.2) is 48.5 Å². The molecule has 0 aliphatic heterocycles. The second-order valence-corrected chi connectivity index (χ2v) is 7.01. The van der Waals surface area contributed by atoms with Crippen molar-refractivity contribution in [3.63, 3.8) is 0 Å².